The number of thioether (sulfide) groups is 1. The van der Waals surface area contributed by atoms with Crippen molar-refractivity contribution in [1.82, 2.24) is 14.4 Å². The van der Waals surface area contributed by atoms with Crippen molar-refractivity contribution in [2.45, 2.75) is 11.9 Å². The van der Waals surface area contributed by atoms with Crippen LogP contribution in [0.3, 0.4) is 0 Å². The van der Waals surface area contributed by atoms with E-state index in [-0.39, 0.29) is 10.9 Å². The minimum Gasteiger partial charge on any atom is -0.281 e. The van der Waals surface area contributed by atoms with Gasteiger partial charge in [0.25, 0.3) is 0 Å². The highest BCUT2D eigenvalue weighted by molar-refractivity contribution is 8.14. The van der Waals surface area contributed by atoms with Gasteiger partial charge in [0.15, 0.2) is 0 Å². The third-order valence-corrected chi connectivity index (χ3v) is 4.80. The van der Waals surface area contributed by atoms with E-state index in [1.807, 2.05) is 41.7 Å². The molecule has 0 aliphatic heterocycles. The zero-order valence-electron chi connectivity index (χ0n) is 12.7. The summed E-state index contributed by atoms with van der Waals surface area (Å²) in [6, 6.07) is 15.2. The van der Waals surface area contributed by atoms with E-state index in [4.69, 9.17) is 0 Å². The summed E-state index contributed by atoms with van der Waals surface area (Å²) in [4.78, 5) is 21.5. The minimum absolute atomic E-state index is 0.158. The predicted molar refractivity (Wildman–Crippen MR) is 91.8 cm³/mol. The van der Waals surface area contributed by atoms with Crippen LogP contribution in [0.4, 0.5) is 4.39 Å². The number of imidazole rings is 2. The van der Waals surface area contributed by atoms with Gasteiger partial charge in [-0.05, 0) is 55.1 Å². The number of hydrogen-bond donors (Lipinski definition) is 0. The van der Waals surface area contributed by atoms with Crippen molar-refractivity contribution in [2.75, 3.05) is 0 Å². The van der Waals surface area contributed by atoms with Crippen molar-refractivity contribution in [1.29, 1.82) is 0 Å². The van der Waals surface area contributed by atoms with Crippen LogP contribution in [-0.2, 0) is 0 Å². The molecule has 4 rings (SSSR count). The Bertz CT molecular complexity index is 1070. The molecule has 0 saturated heterocycles. The molecule has 24 heavy (non-hydrogen) atoms. The van der Waals surface area contributed by atoms with Crippen LogP contribution in [0.2, 0.25) is 0 Å². The maximum absolute atomic E-state index is 13.0. The van der Waals surface area contributed by atoms with Gasteiger partial charge in [-0.25, -0.2) is 14.4 Å². The van der Waals surface area contributed by atoms with Crippen LogP contribution in [0, 0.1) is 12.7 Å². The Morgan fingerprint density at radius 1 is 1.04 bits per heavy atom. The lowest BCUT2D eigenvalue weighted by Crippen LogP contribution is -1.96. The lowest BCUT2D eigenvalue weighted by Gasteiger charge is -2.02. The number of carbonyl (C=O) groups excluding carboxylic acids is 1. The third-order valence-electron chi connectivity index (χ3n) is 3.70. The molecule has 118 valence electrons. The Kier molecular flexibility index (Phi) is 3.54. The summed E-state index contributed by atoms with van der Waals surface area (Å²) in [5.41, 5.74) is 2.90. The largest absolute Gasteiger partial charge is 0.281 e. The van der Waals surface area contributed by atoms with E-state index >= 15 is 0 Å². The summed E-state index contributed by atoms with van der Waals surface area (Å²) in [5.74, 6) is 0.210. The number of aromatic nitrogens is 3. The van der Waals surface area contributed by atoms with Crippen LogP contribution in [-0.4, -0.2) is 19.5 Å². The molecule has 0 aliphatic carbocycles. The molecule has 0 bridgehead atoms. The van der Waals surface area contributed by atoms with Crippen LogP contribution in [0.15, 0.2) is 59.6 Å². The van der Waals surface area contributed by atoms with E-state index in [0.29, 0.717) is 11.3 Å². The molecule has 0 aliphatic rings. The van der Waals surface area contributed by atoms with Gasteiger partial charge < -0.3 is 0 Å². The van der Waals surface area contributed by atoms with Gasteiger partial charge in [-0.2, -0.15) is 0 Å². The summed E-state index contributed by atoms with van der Waals surface area (Å²) in [6.07, 6.45) is 0. The Hall–Kier alpha value is -2.73. The van der Waals surface area contributed by atoms with E-state index in [1.165, 1.54) is 24.3 Å². The van der Waals surface area contributed by atoms with E-state index in [0.717, 1.165) is 33.5 Å². The molecule has 0 atom stereocenters. The molecule has 6 heteroatoms. The normalized spacial score (nSPS) is 11.2. The Labute approximate surface area is 141 Å². The Balaban J connectivity index is 1.82. The molecule has 4 aromatic rings. The highest BCUT2D eigenvalue weighted by Gasteiger charge is 2.18. The molecule has 0 spiro atoms. The van der Waals surface area contributed by atoms with Crippen LogP contribution in [0.1, 0.15) is 16.1 Å². The van der Waals surface area contributed by atoms with E-state index in [1.54, 1.807) is 0 Å². The van der Waals surface area contributed by atoms with Crippen LogP contribution in [0.25, 0.3) is 16.8 Å². The topological polar surface area (TPSA) is 47.3 Å². The van der Waals surface area contributed by atoms with Gasteiger partial charge in [0, 0.05) is 5.56 Å². The standard InChI is InChI=1S/C18H12FN3OS/c1-11-16(24-17(23)12-7-9-13(19)10-8-12)22-15-6-4-2-3-5-14(15)21-18(22)20-11/h2-10H,1H3. The maximum atomic E-state index is 13.0. The first-order valence-electron chi connectivity index (χ1n) is 7.35. The molecule has 0 fully saturated rings. The van der Waals surface area contributed by atoms with Crippen molar-refractivity contribution < 1.29 is 9.18 Å². The molecule has 0 radical (unpaired) electrons. The van der Waals surface area contributed by atoms with Gasteiger partial charge in [0.05, 0.1) is 16.7 Å². The Morgan fingerprint density at radius 2 is 1.79 bits per heavy atom. The number of hydrogen-bond acceptors (Lipinski definition) is 4. The summed E-state index contributed by atoms with van der Waals surface area (Å²) in [5, 5.41) is 0.572. The van der Waals surface area contributed by atoms with E-state index < -0.39 is 0 Å². The second kappa shape index (κ2) is 5.72. The lowest BCUT2D eigenvalue weighted by molar-refractivity contribution is 0.108. The van der Waals surface area contributed by atoms with Gasteiger partial charge in [-0.15, -0.1) is 0 Å². The van der Waals surface area contributed by atoms with Crippen molar-refractivity contribution >= 4 is 33.7 Å². The number of carbonyl (C=O) groups is 1. The average Bonchev–Trinajstić information content (AvgIpc) is 2.93. The van der Waals surface area contributed by atoms with Gasteiger partial charge >= 0.3 is 0 Å². The number of halogens is 1. The quantitative estimate of drug-likeness (QED) is 0.513. The van der Waals surface area contributed by atoms with Gasteiger partial charge in [0.2, 0.25) is 10.9 Å². The first-order valence-corrected chi connectivity index (χ1v) is 8.17. The smallest absolute Gasteiger partial charge is 0.236 e. The van der Waals surface area contributed by atoms with Crippen LogP contribution < -0.4 is 0 Å². The predicted octanol–water partition coefficient (Wildman–Crippen LogP) is 4.26. The number of fused-ring (bicyclic) bond motifs is 3. The molecule has 2 aromatic carbocycles. The highest BCUT2D eigenvalue weighted by atomic mass is 32.2. The third kappa shape index (κ3) is 2.45. The van der Waals surface area contributed by atoms with Gasteiger partial charge in [-0.1, -0.05) is 18.2 Å². The van der Waals surface area contributed by atoms with Crippen LogP contribution in [0.5, 0.6) is 0 Å². The monoisotopic (exact) mass is 337 g/mol. The molecule has 0 amide bonds. The number of nitrogens with zero attached hydrogens (tertiary/aromatic N) is 3. The fraction of sp³-hybridized carbons (Fsp3) is 0.0556. The van der Waals surface area contributed by atoms with Crippen LogP contribution >= 0.6 is 11.8 Å². The molecule has 4 nitrogen and oxygen atoms in total. The number of rotatable bonds is 2. The van der Waals surface area contributed by atoms with Crippen molar-refractivity contribution in [3.05, 3.63) is 71.7 Å². The number of benzene rings is 1. The average molecular weight is 337 g/mol. The van der Waals surface area contributed by atoms with E-state index in [2.05, 4.69) is 9.97 Å². The van der Waals surface area contributed by atoms with Gasteiger partial charge in [-0.3, -0.25) is 9.20 Å². The second-order valence-corrected chi connectivity index (χ2v) is 6.29. The zero-order valence-corrected chi connectivity index (χ0v) is 13.5. The molecule has 0 N–H and O–H groups in total. The van der Waals surface area contributed by atoms with Gasteiger partial charge in [0.1, 0.15) is 10.8 Å². The molecule has 0 unspecified atom stereocenters. The SMILES string of the molecule is Cc1nc2nc3cccccc3n2c1SC(=O)c1ccc(F)cc1. The molecule has 2 aromatic heterocycles. The summed E-state index contributed by atoms with van der Waals surface area (Å²) in [7, 11) is 0. The van der Waals surface area contributed by atoms with Crippen molar-refractivity contribution in [2.24, 2.45) is 0 Å². The highest BCUT2D eigenvalue weighted by Crippen LogP contribution is 2.30. The first-order chi connectivity index (χ1) is 11.6. The summed E-state index contributed by atoms with van der Waals surface area (Å²) in [6.45, 7) is 1.85. The minimum atomic E-state index is -0.363. The number of aryl methyl sites for hydroxylation is 1. The van der Waals surface area contributed by atoms with E-state index in [9.17, 15) is 9.18 Å². The lowest BCUT2D eigenvalue weighted by atomic mass is 10.2. The summed E-state index contributed by atoms with van der Waals surface area (Å²) < 4.78 is 14.9. The van der Waals surface area contributed by atoms with Crippen molar-refractivity contribution in [3.63, 3.8) is 0 Å². The maximum Gasteiger partial charge on any atom is 0.236 e. The molecular weight excluding hydrogens is 325 g/mol. The second-order valence-electron chi connectivity index (χ2n) is 5.33. The molecular formula is C18H12FN3OS. The zero-order chi connectivity index (χ0) is 16.7. The molecule has 0 saturated carbocycles. The first kappa shape index (κ1) is 14.8. The van der Waals surface area contributed by atoms with Crippen molar-refractivity contribution in [3.8, 4) is 0 Å². The fourth-order valence-corrected chi connectivity index (χ4v) is 3.46. The summed E-state index contributed by atoms with van der Waals surface area (Å²) >= 11 is 1.08. The fourth-order valence-electron chi connectivity index (χ4n) is 2.56. The Morgan fingerprint density at radius 3 is 2.58 bits per heavy atom. The molecule has 2 heterocycles.